The van der Waals surface area contributed by atoms with E-state index in [1.165, 1.54) is 6.07 Å². The van der Waals surface area contributed by atoms with Gasteiger partial charge in [0.15, 0.2) is 17.5 Å². The van der Waals surface area contributed by atoms with Crippen LogP contribution in [0.2, 0.25) is 0 Å². The lowest BCUT2D eigenvalue weighted by molar-refractivity contribution is 0.440. The first-order valence-corrected chi connectivity index (χ1v) is 9.17. The van der Waals surface area contributed by atoms with Gasteiger partial charge >= 0.3 is 0 Å². The molecule has 28 heavy (non-hydrogen) atoms. The van der Waals surface area contributed by atoms with Gasteiger partial charge in [0, 0.05) is 19.3 Å². The maximum atomic E-state index is 14.4. The summed E-state index contributed by atoms with van der Waals surface area (Å²) in [4.78, 5) is 8.49. The van der Waals surface area contributed by atoms with E-state index in [0.717, 1.165) is 17.7 Å². The molecule has 0 fully saturated rings. The number of nitrogens with zero attached hydrogens (tertiary/aromatic N) is 2. The summed E-state index contributed by atoms with van der Waals surface area (Å²) in [6, 6.07) is 18.4. The number of nitrogens with one attached hydrogen (secondary N) is 2. The van der Waals surface area contributed by atoms with Crippen molar-refractivity contribution in [2.45, 2.75) is 20.0 Å². The third-order valence-electron chi connectivity index (χ3n) is 3.93. The molecule has 3 aromatic rings. The van der Waals surface area contributed by atoms with E-state index in [-0.39, 0.29) is 5.75 Å². The Morgan fingerprint density at radius 1 is 1.04 bits per heavy atom. The first-order valence-electron chi connectivity index (χ1n) is 9.17. The van der Waals surface area contributed by atoms with E-state index in [4.69, 9.17) is 4.74 Å². The molecule has 5 nitrogen and oxygen atoms in total. The van der Waals surface area contributed by atoms with Crippen molar-refractivity contribution >= 4 is 5.96 Å². The Bertz CT molecular complexity index is 901. The van der Waals surface area contributed by atoms with Gasteiger partial charge in [0.2, 0.25) is 0 Å². The minimum Gasteiger partial charge on any atom is -0.453 e. The first kappa shape index (κ1) is 19.4. The quantitative estimate of drug-likeness (QED) is 0.476. The summed E-state index contributed by atoms with van der Waals surface area (Å²) in [5.74, 6) is 0.905. The second-order valence-electron chi connectivity index (χ2n) is 6.09. The van der Waals surface area contributed by atoms with Gasteiger partial charge in [-0.15, -0.1) is 0 Å². The van der Waals surface area contributed by atoms with Gasteiger partial charge in [-0.25, -0.2) is 9.38 Å². The zero-order valence-corrected chi connectivity index (χ0v) is 15.7. The molecule has 1 aromatic heterocycles. The predicted octanol–water partition coefficient (Wildman–Crippen LogP) is 4.27. The van der Waals surface area contributed by atoms with E-state index in [1.807, 2.05) is 37.3 Å². The highest BCUT2D eigenvalue weighted by Crippen LogP contribution is 2.24. The Labute approximate surface area is 164 Å². The molecule has 0 aliphatic rings. The fourth-order valence-electron chi connectivity index (χ4n) is 2.55. The van der Waals surface area contributed by atoms with Crippen LogP contribution in [0.5, 0.6) is 11.5 Å². The van der Waals surface area contributed by atoms with E-state index >= 15 is 0 Å². The van der Waals surface area contributed by atoms with Gasteiger partial charge in [-0.05, 0) is 42.3 Å². The fraction of sp³-hybridized carbons (Fsp3) is 0.182. The number of benzene rings is 2. The maximum absolute atomic E-state index is 14.4. The highest BCUT2D eigenvalue weighted by molar-refractivity contribution is 5.79. The van der Waals surface area contributed by atoms with Crippen LogP contribution in [-0.4, -0.2) is 17.5 Å². The fourth-order valence-corrected chi connectivity index (χ4v) is 2.55. The van der Waals surface area contributed by atoms with Crippen molar-refractivity contribution in [3.8, 4) is 11.5 Å². The molecule has 0 bridgehead atoms. The summed E-state index contributed by atoms with van der Waals surface area (Å²) in [5.41, 5.74) is 1.92. The van der Waals surface area contributed by atoms with Gasteiger partial charge in [0.25, 0.3) is 0 Å². The summed E-state index contributed by atoms with van der Waals surface area (Å²) in [6.45, 7) is 3.77. The summed E-state index contributed by atoms with van der Waals surface area (Å²) < 4.78 is 19.9. The number of rotatable bonds is 7. The third kappa shape index (κ3) is 5.81. The molecule has 0 unspecified atom stereocenters. The lowest BCUT2D eigenvalue weighted by atomic mass is 10.2. The number of guanidine groups is 1. The van der Waals surface area contributed by atoms with Crippen molar-refractivity contribution in [3.05, 3.63) is 90.0 Å². The van der Waals surface area contributed by atoms with Crippen molar-refractivity contribution in [2.75, 3.05) is 6.54 Å². The molecule has 0 spiro atoms. The van der Waals surface area contributed by atoms with Crippen LogP contribution in [0.15, 0.2) is 78.0 Å². The van der Waals surface area contributed by atoms with Crippen LogP contribution >= 0.6 is 0 Å². The summed E-state index contributed by atoms with van der Waals surface area (Å²) in [6.07, 6.45) is 3.18. The number of hydrogen-bond acceptors (Lipinski definition) is 3. The molecule has 0 amide bonds. The molecule has 0 saturated heterocycles. The minimum absolute atomic E-state index is 0.162. The first-order chi connectivity index (χ1) is 13.7. The van der Waals surface area contributed by atoms with Gasteiger partial charge < -0.3 is 15.4 Å². The Morgan fingerprint density at radius 2 is 1.89 bits per heavy atom. The van der Waals surface area contributed by atoms with Crippen LogP contribution < -0.4 is 15.4 Å². The van der Waals surface area contributed by atoms with Gasteiger partial charge in [-0.3, -0.25) is 4.98 Å². The molecule has 0 saturated carbocycles. The average molecular weight is 378 g/mol. The number of aromatic nitrogens is 1. The molecular weight excluding hydrogens is 355 g/mol. The van der Waals surface area contributed by atoms with Gasteiger partial charge in [0.1, 0.15) is 5.75 Å². The topological polar surface area (TPSA) is 58.5 Å². The average Bonchev–Trinajstić information content (AvgIpc) is 2.73. The van der Waals surface area contributed by atoms with E-state index in [9.17, 15) is 4.39 Å². The van der Waals surface area contributed by atoms with Gasteiger partial charge in [0.05, 0.1) is 12.7 Å². The van der Waals surface area contributed by atoms with E-state index in [2.05, 4.69) is 20.6 Å². The highest BCUT2D eigenvalue weighted by atomic mass is 19.1. The smallest absolute Gasteiger partial charge is 0.191 e. The zero-order valence-electron chi connectivity index (χ0n) is 15.7. The standard InChI is InChI=1S/C22H23FN4O/c1-2-25-22(26-14-17-7-4-3-5-8-17)27-15-18-10-11-21(20(23)13-18)28-19-9-6-12-24-16-19/h3-13,16H,2,14-15H2,1H3,(H2,25,26,27). The molecule has 2 N–H and O–H groups in total. The Hall–Kier alpha value is -3.41. The van der Waals surface area contributed by atoms with Crippen LogP contribution in [-0.2, 0) is 13.1 Å². The van der Waals surface area contributed by atoms with Crippen LogP contribution in [0.1, 0.15) is 18.1 Å². The summed E-state index contributed by atoms with van der Waals surface area (Å²) >= 11 is 0. The maximum Gasteiger partial charge on any atom is 0.191 e. The molecule has 3 rings (SSSR count). The summed E-state index contributed by atoms with van der Waals surface area (Å²) in [5, 5.41) is 6.47. The normalized spacial score (nSPS) is 11.1. The number of halogens is 1. The Balaban J connectivity index is 1.62. The second-order valence-corrected chi connectivity index (χ2v) is 6.09. The Kier molecular flexibility index (Phi) is 6.95. The van der Waals surface area contributed by atoms with Crippen LogP contribution in [0.3, 0.4) is 0 Å². The molecule has 144 valence electrons. The number of hydrogen-bond donors (Lipinski definition) is 2. The number of pyridine rings is 1. The molecule has 0 aliphatic carbocycles. The van der Waals surface area contributed by atoms with E-state index < -0.39 is 5.82 Å². The highest BCUT2D eigenvalue weighted by Gasteiger charge is 2.07. The minimum atomic E-state index is -0.432. The molecular formula is C22H23FN4O. The Morgan fingerprint density at radius 3 is 2.61 bits per heavy atom. The second kappa shape index (κ2) is 10.1. The van der Waals surface area contributed by atoms with Crippen LogP contribution in [0, 0.1) is 5.82 Å². The monoisotopic (exact) mass is 378 g/mol. The number of aliphatic imine (C=N–C) groups is 1. The van der Waals surface area contributed by atoms with Crippen LogP contribution in [0.4, 0.5) is 4.39 Å². The van der Waals surface area contributed by atoms with Gasteiger partial charge in [-0.2, -0.15) is 0 Å². The zero-order chi connectivity index (χ0) is 19.6. The number of ether oxygens (including phenoxy) is 1. The van der Waals surface area contributed by atoms with Crippen LogP contribution in [0.25, 0.3) is 0 Å². The largest absolute Gasteiger partial charge is 0.453 e. The SMILES string of the molecule is CCNC(=NCc1ccc(Oc2cccnc2)c(F)c1)NCc1ccccc1. The molecule has 1 heterocycles. The predicted molar refractivity (Wildman–Crippen MR) is 109 cm³/mol. The van der Waals surface area contributed by atoms with Crippen molar-refractivity contribution in [3.63, 3.8) is 0 Å². The molecule has 0 atom stereocenters. The van der Waals surface area contributed by atoms with E-state index in [0.29, 0.717) is 24.8 Å². The van der Waals surface area contributed by atoms with Crippen molar-refractivity contribution in [2.24, 2.45) is 4.99 Å². The molecule has 0 aliphatic heterocycles. The molecule has 6 heteroatoms. The van der Waals surface area contributed by atoms with Crippen molar-refractivity contribution in [1.29, 1.82) is 0 Å². The lowest BCUT2D eigenvalue weighted by Gasteiger charge is -2.12. The summed E-state index contributed by atoms with van der Waals surface area (Å²) in [7, 11) is 0. The van der Waals surface area contributed by atoms with E-state index in [1.54, 1.807) is 36.7 Å². The molecule has 2 aromatic carbocycles. The molecule has 0 radical (unpaired) electrons. The third-order valence-corrected chi connectivity index (χ3v) is 3.93. The lowest BCUT2D eigenvalue weighted by Crippen LogP contribution is -2.36. The van der Waals surface area contributed by atoms with Gasteiger partial charge in [-0.1, -0.05) is 36.4 Å². The van der Waals surface area contributed by atoms with Crippen molar-refractivity contribution < 1.29 is 9.13 Å². The van der Waals surface area contributed by atoms with Crippen molar-refractivity contribution in [1.82, 2.24) is 15.6 Å².